The average Bonchev–Trinajstić information content (AvgIpc) is 3.02. The molecule has 0 unspecified atom stereocenters. The minimum absolute atomic E-state index is 0.0502. The van der Waals surface area contributed by atoms with E-state index in [1.165, 1.54) is 11.1 Å². The van der Waals surface area contributed by atoms with Gasteiger partial charge in [-0.15, -0.1) is 0 Å². The Morgan fingerprint density at radius 1 is 0.651 bits per heavy atom. The Hall–Kier alpha value is -5.84. The van der Waals surface area contributed by atoms with Gasteiger partial charge in [-0.3, -0.25) is 0 Å². The molecule has 1 heterocycles. The predicted octanol–water partition coefficient (Wildman–Crippen LogP) is 10.5. The van der Waals surface area contributed by atoms with Crippen LogP contribution in [0.5, 0.6) is 0 Å². The zero-order valence-electron chi connectivity index (χ0n) is 24.5. The molecular formula is C39H31N3O. The number of aryl methyl sites for hydroxylation is 2. The number of benzene rings is 4. The fourth-order valence-electron chi connectivity index (χ4n) is 4.69. The molecule has 4 aromatic rings. The lowest BCUT2D eigenvalue weighted by molar-refractivity contribution is 0.318. The van der Waals surface area contributed by atoms with Crippen LogP contribution in [-0.2, 0) is 4.74 Å². The molecule has 208 valence electrons. The Labute approximate surface area is 253 Å². The maximum absolute atomic E-state index is 9.19. The highest BCUT2D eigenvalue weighted by Gasteiger charge is 2.12. The van der Waals surface area contributed by atoms with E-state index in [9.17, 15) is 5.26 Å². The molecule has 0 saturated heterocycles. The van der Waals surface area contributed by atoms with Gasteiger partial charge in [0.25, 0.3) is 5.70 Å². The summed E-state index contributed by atoms with van der Waals surface area (Å²) < 4.78 is 5.75. The lowest BCUT2D eigenvalue weighted by atomic mass is 10.1. The molecule has 0 fully saturated rings. The molecular weight excluding hydrogens is 526 g/mol. The van der Waals surface area contributed by atoms with Crippen molar-refractivity contribution in [3.63, 3.8) is 0 Å². The van der Waals surface area contributed by atoms with Crippen molar-refractivity contribution < 1.29 is 4.74 Å². The molecule has 0 bridgehead atoms. The van der Waals surface area contributed by atoms with Crippen molar-refractivity contribution in [2.24, 2.45) is 0 Å². The number of rotatable bonds is 7. The van der Waals surface area contributed by atoms with Crippen molar-refractivity contribution in [2.75, 3.05) is 4.90 Å². The minimum atomic E-state index is 0.0502. The first-order valence-electron chi connectivity index (χ1n) is 14.0. The molecule has 0 saturated carbocycles. The molecule has 43 heavy (non-hydrogen) atoms. The third kappa shape index (κ3) is 7.27. The smallest absolute Gasteiger partial charge is 0.269 e. The second-order valence-corrected chi connectivity index (χ2v) is 10.4. The quantitative estimate of drug-likeness (QED) is 0.129. The van der Waals surface area contributed by atoms with Crippen LogP contribution < -0.4 is 4.90 Å². The summed E-state index contributed by atoms with van der Waals surface area (Å²) in [5, 5.41) is 9.19. The Bertz CT molecular complexity index is 1780. The molecule has 0 aliphatic carbocycles. The van der Waals surface area contributed by atoms with Gasteiger partial charge >= 0.3 is 0 Å². The van der Waals surface area contributed by atoms with Crippen LogP contribution in [0.2, 0.25) is 0 Å². The molecule has 0 amide bonds. The van der Waals surface area contributed by atoms with Crippen molar-refractivity contribution in [2.45, 2.75) is 20.8 Å². The maximum Gasteiger partial charge on any atom is 0.269 e. The highest BCUT2D eigenvalue weighted by atomic mass is 16.5. The highest BCUT2D eigenvalue weighted by Crippen LogP contribution is 2.35. The number of nitriles is 1. The zero-order chi connectivity index (χ0) is 30.2. The van der Waals surface area contributed by atoms with Crippen molar-refractivity contribution >= 4 is 35.3 Å². The van der Waals surface area contributed by atoms with Crippen LogP contribution in [-0.4, -0.2) is 0 Å². The van der Waals surface area contributed by atoms with Gasteiger partial charge in [0, 0.05) is 17.1 Å². The van der Waals surface area contributed by atoms with E-state index in [1.54, 1.807) is 19.1 Å². The summed E-state index contributed by atoms with van der Waals surface area (Å²) in [5.41, 5.74) is 9.65. The molecule has 4 nitrogen and oxygen atoms in total. The van der Waals surface area contributed by atoms with Gasteiger partial charge in [-0.1, -0.05) is 90.0 Å². The number of allylic oxidation sites excluding steroid dienone is 6. The lowest BCUT2D eigenvalue weighted by Crippen LogP contribution is -2.09. The second kappa shape index (κ2) is 13.2. The molecule has 0 N–H and O–H groups in total. The van der Waals surface area contributed by atoms with Crippen molar-refractivity contribution in [1.82, 2.24) is 0 Å². The van der Waals surface area contributed by atoms with Gasteiger partial charge in [0.1, 0.15) is 11.5 Å². The number of anilines is 3. The summed E-state index contributed by atoms with van der Waals surface area (Å²) in [6.07, 6.45) is 11.4. The third-order valence-corrected chi connectivity index (χ3v) is 7.01. The maximum atomic E-state index is 9.19. The van der Waals surface area contributed by atoms with E-state index in [0.29, 0.717) is 17.1 Å². The minimum Gasteiger partial charge on any atom is -0.462 e. The van der Waals surface area contributed by atoms with E-state index in [2.05, 4.69) is 121 Å². The molecule has 5 rings (SSSR count). The van der Waals surface area contributed by atoms with E-state index in [4.69, 9.17) is 11.3 Å². The normalized spacial score (nSPS) is 14.0. The fourth-order valence-corrected chi connectivity index (χ4v) is 4.69. The third-order valence-electron chi connectivity index (χ3n) is 7.01. The lowest BCUT2D eigenvalue weighted by Gasteiger charge is -2.25. The molecule has 1 aliphatic heterocycles. The van der Waals surface area contributed by atoms with E-state index in [0.717, 1.165) is 33.8 Å². The number of hydrogen-bond donors (Lipinski definition) is 0. The predicted molar refractivity (Wildman–Crippen MR) is 177 cm³/mol. The van der Waals surface area contributed by atoms with Gasteiger partial charge in [0.05, 0.1) is 12.6 Å². The van der Waals surface area contributed by atoms with Gasteiger partial charge in [-0.05, 0) is 97.7 Å². The molecule has 0 spiro atoms. The van der Waals surface area contributed by atoms with E-state index >= 15 is 0 Å². The van der Waals surface area contributed by atoms with Gasteiger partial charge < -0.3 is 9.64 Å². The summed E-state index contributed by atoms with van der Waals surface area (Å²) in [4.78, 5) is 5.57. The summed E-state index contributed by atoms with van der Waals surface area (Å²) in [5.74, 6) is 1.22. The first-order valence-corrected chi connectivity index (χ1v) is 14.0. The van der Waals surface area contributed by atoms with Crippen LogP contribution in [0.3, 0.4) is 0 Å². The Balaban J connectivity index is 1.29. The molecule has 0 radical (unpaired) electrons. The Morgan fingerprint density at radius 3 is 1.51 bits per heavy atom. The van der Waals surface area contributed by atoms with Crippen molar-refractivity contribution in [3.8, 4) is 6.07 Å². The van der Waals surface area contributed by atoms with Crippen molar-refractivity contribution in [3.05, 3.63) is 177 Å². The Kier molecular flexibility index (Phi) is 8.81. The van der Waals surface area contributed by atoms with Gasteiger partial charge in [-0.25, -0.2) is 10.1 Å². The Morgan fingerprint density at radius 2 is 1.07 bits per heavy atom. The topological polar surface area (TPSA) is 40.6 Å². The highest BCUT2D eigenvalue weighted by molar-refractivity contribution is 5.78. The molecule has 1 aliphatic rings. The largest absolute Gasteiger partial charge is 0.462 e. The number of ether oxygens (including phenoxy) is 1. The second-order valence-electron chi connectivity index (χ2n) is 10.4. The van der Waals surface area contributed by atoms with Crippen molar-refractivity contribution in [1.29, 1.82) is 5.26 Å². The fraction of sp³-hybridized carbons (Fsp3) is 0.0769. The number of hydrogen-bond acceptors (Lipinski definition) is 3. The van der Waals surface area contributed by atoms with Crippen LogP contribution in [0.15, 0.2) is 138 Å². The average molecular weight is 558 g/mol. The first kappa shape index (κ1) is 28.7. The summed E-state index contributed by atoms with van der Waals surface area (Å²) in [6, 6.07) is 36.0. The van der Waals surface area contributed by atoms with Crippen LogP contribution in [0.1, 0.15) is 34.7 Å². The SMILES string of the molecule is [C-]#[N+]C(C#N)=C1C=C(C)OC(C=Cc2ccc(C=Cc3ccc(N(c4ccc(C)cc4)c4ccc(C)cc4)cc3)cc2)=C1. The van der Waals surface area contributed by atoms with Gasteiger partial charge in [0.15, 0.2) is 0 Å². The van der Waals surface area contributed by atoms with Gasteiger partial charge in [0.2, 0.25) is 0 Å². The van der Waals surface area contributed by atoms with E-state index in [-0.39, 0.29) is 5.70 Å². The van der Waals surface area contributed by atoms with Crippen LogP contribution in [0, 0.1) is 31.8 Å². The van der Waals surface area contributed by atoms with Crippen LogP contribution >= 0.6 is 0 Å². The molecule has 0 aromatic heterocycles. The molecule has 0 atom stereocenters. The molecule has 4 heteroatoms. The number of nitrogens with zero attached hydrogens (tertiary/aromatic N) is 3. The van der Waals surface area contributed by atoms with E-state index < -0.39 is 0 Å². The summed E-state index contributed by atoms with van der Waals surface area (Å²) >= 11 is 0. The summed E-state index contributed by atoms with van der Waals surface area (Å²) in [6.45, 7) is 13.2. The van der Waals surface area contributed by atoms with Crippen LogP contribution in [0.25, 0.3) is 23.1 Å². The first-order chi connectivity index (χ1) is 20.9. The van der Waals surface area contributed by atoms with Gasteiger partial charge in [-0.2, -0.15) is 0 Å². The standard InChI is InChI=1S/C39H31N3O/c1-28-5-18-35(19-6-28)42(36-20-7-29(2)8-21-36)37-22-15-33(16-23-37)14-11-31-9-12-32(13-10-31)17-24-38-26-34(25-30(3)43-38)39(27-40)41-4/h5-26H,1-3H3. The monoisotopic (exact) mass is 557 g/mol. The summed E-state index contributed by atoms with van der Waals surface area (Å²) in [7, 11) is 0. The van der Waals surface area contributed by atoms with E-state index in [1.807, 2.05) is 30.4 Å². The van der Waals surface area contributed by atoms with Crippen LogP contribution in [0.4, 0.5) is 17.1 Å². The molecule has 4 aromatic carbocycles. The zero-order valence-corrected chi connectivity index (χ0v) is 24.5.